The van der Waals surface area contributed by atoms with Gasteiger partial charge in [0.2, 0.25) is 5.89 Å². The van der Waals surface area contributed by atoms with E-state index >= 15 is 0 Å². The van der Waals surface area contributed by atoms with Crippen LogP contribution in [0.1, 0.15) is 60.9 Å². The molecule has 1 saturated carbocycles. The number of carbonyl (C=O) groups is 1. The standard InChI is InChI=1S/C27H30F3N5O2/c28-27(29,30)23-17-20(31-24(36)18-7-3-1-4-8-18)11-14-22(23)25-33-34-26(37-25)32-19-9-12-21(13-10-19)35-15-5-2-6-16-35/h1,3-4,7-8,11,14,17,19,21H,2,5-6,9-10,12-13,15-16H2,(H,31,36)(H,32,34). The van der Waals surface area contributed by atoms with Crippen molar-refractivity contribution in [3.8, 4) is 11.5 Å². The molecule has 2 aromatic carbocycles. The monoisotopic (exact) mass is 513 g/mol. The van der Waals surface area contributed by atoms with Crippen molar-refractivity contribution >= 4 is 17.6 Å². The highest BCUT2D eigenvalue weighted by Gasteiger charge is 2.36. The van der Waals surface area contributed by atoms with Crippen LogP contribution in [0.3, 0.4) is 0 Å². The molecule has 1 saturated heterocycles. The first-order valence-corrected chi connectivity index (χ1v) is 12.8. The summed E-state index contributed by atoms with van der Waals surface area (Å²) in [5.41, 5.74) is -0.832. The summed E-state index contributed by atoms with van der Waals surface area (Å²) in [7, 11) is 0. The van der Waals surface area contributed by atoms with Crippen LogP contribution >= 0.6 is 0 Å². The Labute approximate surface area is 213 Å². The fraction of sp³-hybridized carbons (Fsp3) is 0.444. The Morgan fingerprint density at radius 2 is 1.68 bits per heavy atom. The lowest BCUT2D eigenvalue weighted by Crippen LogP contribution is -2.43. The third-order valence-corrected chi connectivity index (χ3v) is 7.21. The summed E-state index contributed by atoms with van der Waals surface area (Å²) in [6.07, 6.45) is 3.21. The minimum atomic E-state index is -4.68. The van der Waals surface area contributed by atoms with E-state index in [0.717, 1.165) is 31.7 Å². The largest absolute Gasteiger partial charge is 0.417 e. The molecule has 7 nitrogen and oxygen atoms in total. The molecular formula is C27H30F3N5O2. The van der Waals surface area contributed by atoms with Gasteiger partial charge in [0.1, 0.15) is 0 Å². The van der Waals surface area contributed by atoms with E-state index in [2.05, 4.69) is 25.7 Å². The Morgan fingerprint density at radius 1 is 0.946 bits per heavy atom. The second-order valence-electron chi connectivity index (χ2n) is 9.74. The van der Waals surface area contributed by atoms with Gasteiger partial charge in [-0.05, 0) is 81.9 Å². The lowest BCUT2D eigenvalue weighted by molar-refractivity contribution is -0.137. The van der Waals surface area contributed by atoms with Gasteiger partial charge < -0.3 is 20.0 Å². The fourth-order valence-corrected chi connectivity index (χ4v) is 5.27. The first kappa shape index (κ1) is 25.3. The van der Waals surface area contributed by atoms with Crippen molar-refractivity contribution in [3.05, 3.63) is 59.7 Å². The van der Waals surface area contributed by atoms with Crippen molar-refractivity contribution in [1.29, 1.82) is 0 Å². The zero-order valence-corrected chi connectivity index (χ0v) is 20.4. The topological polar surface area (TPSA) is 83.3 Å². The van der Waals surface area contributed by atoms with Gasteiger partial charge in [0.25, 0.3) is 5.91 Å². The number of halogens is 3. The summed E-state index contributed by atoms with van der Waals surface area (Å²) in [6.45, 7) is 2.35. The molecule has 196 valence electrons. The van der Waals surface area contributed by atoms with Gasteiger partial charge in [-0.15, -0.1) is 5.10 Å². The zero-order valence-electron chi connectivity index (χ0n) is 20.4. The highest BCUT2D eigenvalue weighted by molar-refractivity contribution is 6.04. The van der Waals surface area contributed by atoms with Crippen molar-refractivity contribution in [2.24, 2.45) is 0 Å². The first-order valence-electron chi connectivity index (χ1n) is 12.8. The maximum Gasteiger partial charge on any atom is 0.417 e. The van der Waals surface area contributed by atoms with Crippen molar-refractivity contribution < 1.29 is 22.4 Å². The molecule has 3 aromatic rings. The number of benzene rings is 2. The highest BCUT2D eigenvalue weighted by Crippen LogP contribution is 2.39. The molecule has 0 unspecified atom stereocenters. The normalized spacial score (nSPS) is 20.9. The Morgan fingerprint density at radius 3 is 2.38 bits per heavy atom. The number of amides is 1. The average Bonchev–Trinajstić information content (AvgIpc) is 3.38. The van der Waals surface area contributed by atoms with Crippen LogP contribution in [0.15, 0.2) is 52.9 Å². The summed E-state index contributed by atoms with van der Waals surface area (Å²) in [6, 6.07) is 12.7. The molecule has 1 aromatic heterocycles. The Bertz CT molecular complexity index is 1200. The van der Waals surface area contributed by atoms with Gasteiger partial charge in [-0.1, -0.05) is 29.7 Å². The van der Waals surface area contributed by atoms with Crippen LogP contribution in [0.2, 0.25) is 0 Å². The lowest BCUT2D eigenvalue weighted by Gasteiger charge is -2.38. The van der Waals surface area contributed by atoms with Gasteiger partial charge in [0.15, 0.2) is 0 Å². The van der Waals surface area contributed by atoms with Crippen molar-refractivity contribution in [2.75, 3.05) is 23.7 Å². The maximum absolute atomic E-state index is 13.9. The van der Waals surface area contributed by atoms with Crippen LogP contribution in [0.4, 0.5) is 24.9 Å². The minimum Gasteiger partial charge on any atom is -0.403 e. The number of anilines is 2. The molecule has 2 aliphatic rings. The highest BCUT2D eigenvalue weighted by atomic mass is 19.4. The van der Waals surface area contributed by atoms with E-state index in [1.807, 2.05) is 0 Å². The van der Waals surface area contributed by atoms with Crippen LogP contribution in [0.25, 0.3) is 11.5 Å². The number of hydrogen-bond acceptors (Lipinski definition) is 6. The molecule has 0 atom stereocenters. The number of nitrogens with one attached hydrogen (secondary N) is 2. The molecule has 37 heavy (non-hydrogen) atoms. The first-order chi connectivity index (χ1) is 17.9. The quantitative estimate of drug-likeness (QED) is 0.407. The van der Waals surface area contributed by atoms with E-state index < -0.39 is 17.6 Å². The number of hydrogen-bond donors (Lipinski definition) is 2. The summed E-state index contributed by atoms with van der Waals surface area (Å²) >= 11 is 0. The number of rotatable bonds is 6. The summed E-state index contributed by atoms with van der Waals surface area (Å²) < 4.78 is 47.4. The number of carbonyl (C=O) groups excluding carboxylic acids is 1. The van der Waals surface area contributed by atoms with Crippen molar-refractivity contribution in [3.63, 3.8) is 0 Å². The number of alkyl halides is 3. The third-order valence-electron chi connectivity index (χ3n) is 7.21. The molecule has 0 spiro atoms. The number of piperidine rings is 1. The van der Waals surface area contributed by atoms with E-state index in [1.165, 1.54) is 44.5 Å². The molecular weight excluding hydrogens is 483 g/mol. The molecule has 1 aliphatic carbocycles. The second kappa shape index (κ2) is 10.9. The zero-order chi connectivity index (χ0) is 25.8. The SMILES string of the molecule is O=C(Nc1ccc(-c2nnc(NC3CCC(N4CCCCC4)CC3)o2)c(C(F)(F)F)c1)c1ccccc1. The van der Waals surface area contributed by atoms with Crippen molar-refractivity contribution in [1.82, 2.24) is 15.1 Å². The van der Waals surface area contributed by atoms with E-state index in [9.17, 15) is 18.0 Å². The van der Waals surface area contributed by atoms with Crippen LogP contribution < -0.4 is 10.6 Å². The molecule has 2 heterocycles. The predicted octanol–water partition coefficient (Wildman–Crippen LogP) is 6.22. The third kappa shape index (κ3) is 6.12. The van der Waals surface area contributed by atoms with Gasteiger partial charge in [0, 0.05) is 23.3 Å². The van der Waals surface area contributed by atoms with Gasteiger partial charge in [-0.3, -0.25) is 4.79 Å². The Kier molecular flexibility index (Phi) is 7.45. The molecule has 0 bridgehead atoms. The van der Waals surface area contributed by atoms with Crippen LogP contribution in [0, 0.1) is 0 Å². The van der Waals surface area contributed by atoms with Gasteiger partial charge in [-0.25, -0.2) is 0 Å². The molecule has 2 N–H and O–H groups in total. The van der Waals surface area contributed by atoms with Gasteiger partial charge in [-0.2, -0.15) is 13.2 Å². The Hall–Kier alpha value is -3.40. The number of likely N-dealkylation sites (tertiary alicyclic amines) is 1. The molecule has 1 aliphatic heterocycles. The van der Waals surface area contributed by atoms with E-state index in [4.69, 9.17) is 4.42 Å². The summed E-state index contributed by atoms with van der Waals surface area (Å²) in [4.78, 5) is 15.0. The maximum atomic E-state index is 13.9. The number of aromatic nitrogens is 2. The lowest BCUT2D eigenvalue weighted by atomic mass is 9.89. The van der Waals surface area contributed by atoms with Crippen LogP contribution in [0.5, 0.6) is 0 Å². The minimum absolute atomic E-state index is 0.0215. The average molecular weight is 514 g/mol. The van der Waals surface area contributed by atoms with E-state index in [-0.39, 0.29) is 29.2 Å². The summed E-state index contributed by atoms with van der Waals surface area (Å²) in [5, 5.41) is 13.6. The molecule has 10 heteroatoms. The van der Waals surface area contributed by atoms with Crippen molar-refractivity contribution in [2.45, 2.75) is 63.2 Å². The second-order valence-corrected chi connectivity index (χ2v) is 9.74. The Balaban J connectivity index is 1.26. The fourth-order valence-electron chi connectivity index (χ4n) is 5.27. The van der Waals surface area contributed by atoms with Crippen LogP contribution in [-0.4, -0.2) is 46.2 Å². The van der Waals surface area contributed by atoms with Gasteiger partial charge >= 0.3 is 12.2 Å². The van der Waals surface area contributed by atoms with Crippen LogP contribution in [-0.2, 0) is 6.18 Å². The molecule has 0 radical (unpaired) electrons. The molecule has 5 rings (SSSR count). The number of nitrogens with zero attached hydrogens (tertiary/aromatic N) is 3. The van der Waals surface area contributed by atoms with Gasteiger partial charge in [0.05, 0.1) is 11.1 Å². The predicted molar refractivity (Wildman–Crippen MR) is 134 cm³/mol. The smallest absolute Gasteiger partial charge is 0.403 e. The molecule has 1 amide bonds. The van der Waals surface area contributed by atoms with E-state index in [1.54, 1.807) is 30.3 Å². The van der Waals surface area contributed by atoms with E-state index in [0.29, 0.717) is 11.6 Å². The summed E-state index contributed by atoms with van der Waals surface area (Å²) in [5.74, 6) is -0.724. The molecule has 2 fully saturated rings.